The van der Waals surface area contributed by atoms with E-state index in [1.165, 1.54) is 54.8 Å². The molecule has 5 aromatic carbocycles. The first kappa shape index (κ1) is 21.4. The first-order chi connectivity index (χ1) is 18.6. The third-order valence-electron chi connectivity index (χ3n) is 8.43. The van der Waals surface area contributed by atoms with Gasteiger partial charge in [0, 0.05) is 39.0 Å². The number of para-hydroxylation sites is 1. The van der Waals surface area contributed by atoms with Gasteiger partial charge < -0.3 is 4.57 Å². The summed E-state index contributed by atoms with van der Waals surface area (Å²) in [4.78, 5) is 4.80. The molecular weight excluding hydrogens is 460 g/mol. The quantitative estimate of drug-likeness (QED) is 0.238. The molecule has 2 heterocycles. The van der Waals surface area contributed by atoms with Crippen molar-refractivity contribution in [1.29, 1.82) is 0 Å². The van der Waals surface area contributed by atoms with E-state index in [1.54, 1.807) is 0 Å². The smallest absolute Gasteiger partial charge is 0.0781 e. The van der Waals surface area contributed by atoms with Crippen molar-refractivity contribution in [2.75, 3.05) is 0 Å². The fourth-order valence-corrected chi connectivity index (χ4v) is 6.58. The van der Waals surface area contributed by atoms with Crippen molar-refractivity contribution in [3.63, 3.8) is 0 Å². The van der Waals surface area contributed by atoms with Gasteiger partial charge in [-0.3, -0.25) is 4.98 Å². The molecule has 2 aromatic heterocycles. The van der Waals surface area contributed by atoms with Crippen molar-refractivity contribution in [1.82, 2.24) is 9.55 Å². The number of hydrogen-bond acceptors (Lipinski definition) is 1. The van der Waals surface area contributed by atoms with Crippen LogP contribution in [0.2, 0.25) is 0 Å². The van der Waals surface area contributed by atoms with Crippen LogP contribution in [0.5, 0.6) is 0 Å². The number of pyridine rings is 1. The van der Waals surface area contributed by atoms with Crippen LogP contribution in [0.4, 0.5) is 0 Å². The zero-order valence-corrected chi connectivity index (χ0v) is 21.4. The van der Waals surface area contributed by atoms with E-state index < -0.39 is 0 Å². The van der Waals surface area contributed by atoms with Crippen LogP contribution in [0.15, 0.2) is 121 Å². The molecule has 7 aromatic rings. The van der Waals surface area contributed by atoms with Gasteiger partial charge >= 0.3 is 0 Å². The molecular formula is C36H26N2. The second-order valence-corrected chi connectivity index (χ2v) is 10.9. The van der Waals surface area contributed by atoms with E-state index in [2.05, 4.69) is 134 Å². The predicted octanol–water partition coefficient (Wildman–Crippen LogP) is 9.31. The molecule has 180 valence electrons. The molecule has 2 nitrogen and oxygen atoms in total. The maximum atomic E-state index is 4.80. The third-order valence-corrected chi connectivity index (χ3v) is 8.43. The van der Waals surface area contributed by atoms with Crippen molar-refractivity contribution in [2.24, 2.45) is 0 Å². The summed E-state index contributed by atoms with van der Waals surface area (Å²) >= 11 is 0. The number of fused-ring (bicyclic) bond motifs is 7. The molecule has 0 spiro atoms. The number of benzene rings is 5. The average molecular weight is 487 g/mol. The summed E-state index contributed by atoms with van der Waals surface area (Å²) < 4.78 is 2.43. The van der Waals surface area contributed by atoms with Crippen LogP contribution in [0, 0.1) is 0 Å². The third kappa shape index (κ3) is 2.86. The van der Waals surface area contributed by atoms with Gasteiger partial charge in [0.1, 0.15) is 0 Å². The normalized spacial score (nSPS) is 13.7. The summed E-state index contributed by atoms with van der Waals surface area (Å²) in [6, 6.07) is 41.9. The molecule has 0 bridgehead atoms. The maximum Gasteiger partial charge on any atom is 0.0781 e. The fraction of sp³-hybridized carbons (Fsp3) is 0.0833. The molecule has 2 heteroatoms. The lowest BCUT2D eigenvalue weighted by molar-refractivity contribution is 0.661. The van der Waals surface area contributed by atoms with Gasteiger partial charge in [0.05, 0.1) is 16.7 Å². The van der Waals surface area contributed by atoms with Gasteiger partial charge in [0.2, 0.25) is 0 Å². The molecule has 0 unspecified atom stereocenters. The molecule has 0 saturated heterocycles. The SMILES string of the molecule is CC1(C)c2ccccc2-c2cc3c4ccccc4n(-c4cccc(-c5nccc6ccccc56)c4)c3cc21. The van der Waals surface area contributed by atoms with Crippen molar-refractivity contribution >= 4 is 32.6 Å². The molecule has 1 aliphatic carbocycles. The van der Waals surface area contributed by atoms with Crippen molar-refractivity contribution in [3.05, 3.63) is 133 Å². The second-order valence-electron chi connectivity index (χ2n) is 10.9. The summed E-state index contributed by atoms with van der Waals surface area (Å²) in [6.07, 6.45) is 1.91. The largest absolute Gasteiger partial charge is 0.309 e. The van der Waals surface area contributed by atoms with E-state index in [4.69, 9.17) is 4.98 Å². The Labute approximate surface area is 221 Å². The van der Waals surface area contributed by atoms with Gasteiger partial charge in [-0.1, -0.05) is 92.7 Å². The van der Waals surface area contributed by atoms with Crippen molar-refractivity contribution < 1.29 is 0 Å². The highest BCUT2D eigenvalue weighted by Crippen LogP contribution is 2.51. The van der Waals surface area contributed by atoms with E-state index >= 15 is 0 Å². The molecule has 0 atom stereocenters. The maximum absolute atomic E-state index is 4.80. The van der Waals surface area contributed by atoms with E-state index in [0.717, 1.165) is 16.9 Å². The van der Waals surface area contributed by atoms with Gasteiger partial charge in [-0.25, -0.2) is 0 Å². The molecule has 1 aliphatic rings. The van der Waals surface area contributed by atoms with Crippen LogP contribution >= 0.6 is 0 Å². The Morgan fingerprint density at radius 2 is 1.37 bits per heavy atom. The number of rotatable bonds is 2. The monoisotopic (exact) mass is 486 g/mol. The number of aromatic nitrogens is 2. The summed E-state index contributed by atoms with van der Waals surface area (Å²) in [5.41, 5.74) is 11.2. The summed E-state index contributed by atoms with van der Waals surface area (Å²) in [6.45, 7) is 4.70. The minimum Gasteiger partial charge on any atom is -0.309 e. The van der Waals surface area contributed by atoms with Crippen molar-refractivity contribution in [2.45, 2.75) is 19.3 Å². The molecule has 0 N–H and O–H groups in total. The summed E-state index contributed by atoms with van der Waals surface area (Å²) in [5, 5.41) is 4.95. The highest BCUT2D eigenvalue weighted by Gasteiger charge is 2.36. The lowest BCUT2D eigenvalue weighted by Gasteiger charge is -2.21. The second kappa shape index (κ2) is 7.66. The van der Waals surface area contributed by atoms with Crippen LogP contribution in [0.1, 0.15) is 25.0 Å². The summed E-state index contributed by atoms with van der Waals surface area (Å²) in [5.74, 6) is 0. The molecule has 38 heavy (non-hydrogen) atoms. The first-order valence-electron chi connectivity index (χ1n) is 13.2. The Balaban J connectivity index is 1.42. The Kier molecular flexibility index (Phi) is 4.31. The van der Waals surface area contributed by atoms with Crippen LogP contribution in [-0.2, 0) is 5.41 Å². The highest BCUT2D eigenvalue weighted by atomic mass is 15.0. The van der Waals surface area contributed by atoms with Gasteiger partial charge in [0.25, 0.3) is 0 Å². The number of hydrogen-bond donors (Lipinski definition) is 0. The lowest BCUT2D eigenvalue weighted by Crippen LogP contribution is -2.14. The highest BCUT2D eigenvalue weighted by molar-refractivity contribution is 6.11. The van der Waals surface area contributed by atoms with Crippen LogP contribution in [0.25, 0.3) is 60.6 Å². The Morgan fingerprint density at radius 1 is 0.579 bits per heavy atom. The molecule has 0 fully saturated rings. The van der Waals surface area contributed by atoms with E-state index in [1.807, 2.05) is 6.20 Å². The Bertz CT molecular complexity index is 2050. The van der Waals surface area contributed by atoms with Gasteiger partial charge in [-0.05, 0) is 64.0 Å². The van der Waals surface area contributed by atoms with Crippen molar-refractivity contribution in [3.8, 4) is 28.1 Å². The average Bonchev–Trinajstić information content (AvgIpc) is 3.40. The van der Waals surface area contributed by atoms with Crippen LogP contribution in [0.3, 0.4) is 0 Å². The minimum atomic E-state index is -0.0455. The lowest BCUT2D eigenvalue weighted by atomic mass is 9.82. The molecule has 0 aliphatic heterocycles. The van der Waals surface area contributed by atoms with E-state index in [-0.39, 0.29) is 5.41 Å². The van der Waals surface area contributed by atoms with Gasteiger partial charge in [0.15, 0.2) is 0 Å². The first-order valence-corrected chi connectivity index (χ1v) is 13.2. The van der Waals surface area contributed by atoms with Crippen LogP contribution < -0.4 is 0 Å². The zero-order chi connectivity index (χ0) is 25.4. The number of nitrogens with zero attached hydrogens (tertiary/aromatic N) is 2. The Morgan fingerprint density at radius 3 is 2.29 bits per heavy atom. The molecule has 0 amide bonds. The summed E-state index contributed by atoms with van der Waals surface area (Å²) in [7, 11) is 0. The zero-order valence-electron chi connectivity index (χ0n) is 21.4. The molecule has 8 rings (SSSR count). The Hall–Kier alpha value is -4.69. The van der Waals surface area contributed by atoms with Crippen LogP contribution in [-0.4, -0.2) is 9.55 Å². The molecule has 0 saturated carbocycles. The fourth-order valence-electron chi connectivity index (χ4n) is 6.58. The standard InChI is InChI=1S/C36H26N2/c1-36(2)31-16-7-5-14-27(31)29-21-30-28-15-6-8-17-33(28)38(34(30)22-32(29)36)25-12-9-11-24(20-25)35-26-13-4-3-10-23(26)18-19-37-35/h3-22H,1-2H3. The van der Waals surface area contributed by atoms with Gasteiger partial charge in [-0.15, -0.1) is 0 Å². The van der Waals surface area contributed by atoms with E-state index in [0.29, 0.717) is 0 Å². The molecule has 0 radical (unpaired) electrons. The topological polar surface area (TPSA) is 17.8 Å². The van der Waals surface area contributed by atoms with Gasteiger partial charge in [-0.2, -0.15) is 0 Å². The predicted molar refractivity (Wildman–Crippen MR) is 159 cm³/mol. The minimum absolute atomic E-state index is 0.0455. The van der Waals surface area contributed by atoms with E-state index in [9.17, 15) is 0 Å².